The minimum absolute atomic E-state index is 0.661. The third-order valence-corrected chi connectivity index (χ3v) is 3.83. The molecule has 0 aliphatic heterocycles. The first kappa shape index (κ1) is 14.1. The fourth-order valence-corrected chi connectivity index (χ4v) is 2.69. The second-order valence-electron chi connectivity index (χ2n) is 5.17. The number of rotatable bonds is 5. The summed E-state index contributed by atoms with van der Waals surface area (Å²) in [5.74, 6) is 7.46. The minimum atomic E-state index is 0.661. The molecule has 0 aromatic carbocycles. The average molecular weight is 264 g/mol. The van der Waals surface area contributed by atoms with Crippen molar-refractivity contribution in [3.63, 3.8) is 0 Å². The predicted octanol–water partition coefficient (Wildman–Crippen LogP) is 2.67. The monoisotopic (exact) mass is 264 g/mol. The summed E-state index contributed by atoms with van der Waals surface area (Å²) in [6.45, 7) is 2.81. The van der Waals surface area contributed by atoms with Crippen LogP contribution >= 0.6 is 0 Å². The van der Waals surface area contributed by atoms with Gasteiger partial charge in [0.25, 0.3) is 0 Å². The summed E-state index contributed by atoms with van der Waals surface area (Å²) < 4.78 is 5.92. The fraction of sp³-hybridized carbons (Fsp3) is 0.714. The maximum atomic E-state index is 5.92. The van der Waals surface area contributed by atoms with E-state index in [2.05, 4.69) is 22.3 Å². The summed E-state index contributed by atoms with van der Waals surface area (Å²) in [5.41, 5.74) is 3.56. The predicted molar refractivity (Wildman–Crippen MR) is 75.9 cm³/mol. The van der Waals surface area contributed by atoms with Crippen molar-refractivity contribution >= 4 is 5.82 Å². The van der Waals surface area contributed by atoms with Gasteiger partial charge in [-0.2, -0.15) is 0 Å². The van der Waals surface area contributed by atoms with Gasteiger partial charge < -0.3 is 10.2 Å². The number of nitrogens with one attached hydrogen (secondary N) is 1. The number of aromatic nitrogens is 2. The van der Waals surface area contributed by atoms with Crippen LogP contribution in [-0.2, 0) is 6.42 Å². The van der Waals surface area contributed by atoms with Gasteiger partial charge in [-0.15, -0.1) is 0 Å². The molecule has 0 unspecified atom stereocenters. The number of ether oxygens (including phenoxy) is 1. The number of hydrazine groups is 1. The highest BCUT2D eigenvalue weighted by atomic mass is 16.5. The van der Waals surface area contributed by atoms with Crippen LogP contribution in [0.5, 0.6) is 5.88 Å². The molecule has 3 N–H and O–H groups in total. The van der Waals surface area contributed by atoms with Crippen molar-refractivity contribution in [2.45, 2.75) is 51.9 Å². The number of nitrogen functional groups attached to an aromatic ring is 1. The Morgan fingerprint density at radius 1 is 1.26 bits per heavy atom. The molecule has 5 heteroatoms. The molecule has 1 aromatic heterocycles. The molecule has 1 aromatic rings. The maximum Gasteiger partial charge on any atom is 0.221 e. The van der Waals surface area contributed by atoms with E-state index in [0.717, 1.165) is 18.6 Å². The van der Waals surface area contributed by atoms with Gasteiger partial charge in [0.15, 0.2) is 0 Å². The van der Waals surface area contributed by atoms with Crippen LogP contribution in [0.3, 0.4) is 0 Å². The van der Waals surface area contributed by atoms with Crippen LogP contribution in [0.15, 0.2) is 6.33 Å². The lowest BCUT2D eigenvalue weighted by atomic mass is 10.0. The van der Waals surface area contributed by atoms with Gasteiger partial charge in [0, 0.05) is 0 Å². The largest absolute Gasteiger partial charge is 0.477 e. The Labute approximate surface area is 114 Å². The van der Waals surface area contributed by atoms with Gasteiger partial charge in [0.05, 0.1) is 12.2 Å². The zero-order chi connectivity index (χ0) is 13.5. The van der Waals surface area contributed by atoms with E-state index in [1.807, 2.05) is 0 Å². The second kappa shape index (κ2) is 7.28. The number of hydrogen-bond donors (Lipinski definition) is 2. The molecule has 1 fully saturated rings. The maximum absolute atomic E-state index is 5.92. The molecule has 0 radical (unpaired) electrons. The van der Waals surface area contributed by atoms with Gasteiger partial charge in [-0.25, -0.2) is 15.8 Å². The van der Waals surface area contributed by atoms with Gasteiger partial charge in [-0.3, -0.25) is 0 Å². The Hall–Kier alpha value is -1.36. The van der Waals surface area contributed by atoms with Gasteiger partial charge in [-0.05, 0) is 25.2 Å². The molecular formula is C14H24N4O. The number of nitrogens with two attached hydrogens (primary N) is 1. The molecule has 5 nitrogen and oxygen atoms in total. The normalized spacial score (nSPS) is 16.9. The van der Waals surface area contributed by atoms with Crippen LogP contribution in [0.4, 0.5) is 5.82 Å². The quantitative estimate of drug-likeness (QED) is 0.486. The summed E-state index contributed by atoms with van der Waals surface area (Å²) in [4.78, 5) is 8.35. The highest BCUT2D eigenvalue weighted by Gasteiger charge is 2.15. The van der Waals surface area contributed by atoms with Crippen molar-refractivity contribution < 1.29 is 4.74 Å². The zero-order valence-electron chi connectivity index (χ0n) is 11.7. The lowest BCUT2D eigenvalue weighted by Gasteiger charge is -2.17. The molecule has 0 bridgehead atoms. The van der Waals surface area contributed by atoms with E-state index >= 15 is 0 Å². The number of nitrogens with zero attached hydrogens (tertiary/aromatic N) is 2. The molecule has 106 valence electrons. The van der Waals surface area contributed by atoms with Gasteiger partial charge in [0.2, 0.25) is 5.88 Å². The van der Waals surface area contributed by atoms with Gasteiger partial charge >= 0.3 is 0 Å². The molecule has 0 amide bonds. The van der Waals surface area contributed by atoms with Gasteiger partial charge in [-0.1, -0.05) is 32.6 Å². The fourth-order valence-electron chi connectivity index (χ4n) is 2.69. The van der Waals surface area contributed by atoms with Crippen molar-refractivity contribution in [1.82, 2.24) is 9.97 Å². The molecule has 19 heavy (non-hydrogen) atoms. The first-order valence-corrected chi connectivity index (χ1v) is 7.28. The molecule has 1 saturated carbocycles. The summed E-state index contributed by atoms with van der Waals surface area (Å²) >= 11 is 0. The smallest absolute Gasteiger partial charge is 0.221 e. The standard InChI is InChI=1S/C14H24N4O/c1-2-12-13(18-15)16-10-17-14(12)19-9-11-7-5-3-4-6-8-11/h10-11H,2-9,15H2,1H3,(H,16,17,18). The molecule has 1 aliphatic carbocycles. The Morgan fingerprint density at radius 3 is 2.63 bits per heavy atom. The van der Waals surface area contributed by atoms with Gasteiger partial charge in [0.1, 0.15) is 12.1 Å². The number of hydrogen-bond acceptors (Lipinski definition) is 5. The summed E-state index contributed by atoms with van der Waals surface area (Å²) in [6, 6.07) is 0. The summed E-state index contributed by atoms with van der Waals surface area (Å²) in [5, 5.41) is 0. The molecule has 0 atom stereocenters. The van der Waals surface area contributed by atoms with Crippen LogP contribution in [0.25, 0.3) is 0 Å². The van der Waals surface area contributed by atoms with Crippen molar-refractivity contribution in [3.8, 4) is 5.88 Å². The van der Waals surface area contributed by atoms with E-state index < -0.39 is 0 Å². The molecule has 1 heterocycles. The minimum Gasteiger partial charge on any atom is -0.477 e. The Kier molecular flexibility index (Phi) is 5.39. The van der Waals surface area contributed by atoms with Crippen LogP contribution in [-0.4, -0.2) is 16.6 Å². The van der Waals surface area contributed by atoms with Crippen LogP contribution < -0.4 is 16.0 Å². The summed E-state index contributed by atoms with van der Waals surface area (Å²) in [6.07, 6.45) is 10.2. The van der Waals surface area contributed by atoms with Crippen LogP contribution in [0, 0.1) is 5.92 Å². The topological polar surface area (TPSA) is 73.1 Å². The highest BCUT2D eigenvalue weighted by molar-refractivity contribution is 5.47. The molecular weight excluding hydrogens is 240 g/mol. The molecule has 0 spiro atoms. The van der Waals surface area contributed by atoms with Crippen molar-refractivity contribution in [1.29, 1.82) is 0 Å². The summed E-state index contributed by atoms with van der Waals surface area (Å²) in [7, 11) is 0. The Bertz CT molecular complexity index is 389. The lowest BCUT2D eigenvalue weighted by Crippen LogP contribution is -2.16. The molecule has 2 rings (SSSR count). The van der Waals surface area contributed by atoms with E-state index in [0.29, 0.717) is 17.6 Å². The van der Waals surface area contributed by atoms with E-state index in [-0.39, 0.29) is 0 Å². The van der Waals surface area contributed by atoms with Crippen LogP contribution in [0.1, 0.15) is 51.0 Å². The zero-order valence-corrected chi connectivity index (χ0v) is 11.7. The van der Waals surface area contributed by atoms with Crippen molar-refractivity contribution in [3.05, 3.63) is 11.9 Å². The average Bonchev–Trinajstić information content (AvgIpc) is 2.73. The highest BCUT2D eigenvalue weighted by Crippen LogP contribution is 2.26. The first-order chi connectivity index (χ1) is 9.35. The molecule has 1 aliphatic rings. The van der Waals surface area contributed by atoms with E-state index in [1.165, 1.54) is 44.9 Å². The lowest BCUT2D eigenvalue weighted by molar-refractivity contribution is 0.224. The third-order valence-electron chi connectivity index (χ3n) is 3.83. The Morgan fingerprint density at radius 2 is 2.00 bits per heavy atom. The second-order valence-corrected chi connectivity index (χ2v) is 5.17. The van der Waals surface area contributed by atoms with Crippen LogP contribution in [0.2, 0.25) is 0 Å². The third kappa shape index (κ3) is 3.80. The number of anilines is 1. The molecule has 0 saturated heterocycles. The SMILES string of the molecule is CCc1c(NN)ncnc1OCC1CCCCCC1. The van der Waals surface area contributed by atoms with Crippen molar-refractivity contribution in [2.24, 2.45) is 11.8 Å². The van der Waals surface area contributed by atoms with E-state index in [9.17, 15) is 0 Å². The van der Waals surface area contributed by atoms with E-state index in [4.69, 9.17) is 10.6 Å². The van der Waals surface area contributed by atoms with E-state index in [1.54, 1.807) is 0 Å². The Balaban J connectivity index is 1.98. The van der Waals surface area contributed by atoms with Crippen molar-refractivity contribution in [2.75, 3.05) is 12.0 Å². The first-order valence-electron chi connectivity index (χ1n) is 7.28.